The van der Waals surface area contributed by atoms with Crippen molar-refractivity contribution < 1.29 is 22.7 Å². The Morgan fingerprint density at radius 1 is 1.47 bits per heavy atom. The normalized spacial score (nSPS) is 11.8. The van der Waals surface area contributed by atoms with Gasteiger partial charge in [0.15, 0.2) is 0 Å². The molecule has 0 saturated carbocycles. The predicted molar refractivity (Wildman–Crippen MR) is 56.0 cm³/mol. The number of pyridine rings is 1. The van der Waals surface area contributed by atoms with E-state index in [2.05, 4.69) is 9.72 Å². The summed E-state index contributed by atoms with van der Waals surface area (Å²) in [6.07, 6.45) is -3.43. The molecular weight excluding hydrogens is 255 g/mol. The molecule has 0 bridgehead atoms. The van der Waals surface area contributed by atoms with Crippen LogP contribution in [0.15, 0.2) is 17.6 Å². The van der Waals surface area contributed by atoms with Crippen LogP contribution in [0.3, 0.4) is 0 Å². The SMILES string of the molecule is COC(=O)c1csc2c(C(F)(F)F)ccnc12. The second kappa shape index (κ2) is 3.99. The van der Waals surface area contributed by atoms with Crippen LogP contribution in [0.2, 0.25) is 0 Å². The number of carbonyl (C=O) groups excluding carboxylic acids is 1. The average molecular weight is 261 g/mol. The van der Waals surface area contributed by atoms with Crippen molar-refractivity contribution in [1.29, 1.82) is 0 Å². The molecule has 3 nitrogen and oxygen atoms in total. The summed E-state index contributed by atoms with van der Waals surface area (Å²) in [6.45, 7) is 0. The fourth-order valence-electron chi connectivity index (χ4n) is 1.41. The standard InChI is InChI=1S/C10H6F3NO2S/c1-16-9(15)5-4-17-8-6(10(11,12)13)2-3-14-7(5)8/h2-4H,1H3. The number of methoxy groups -OCH3 is 1. The van der Waals surface area contributed by atoms with Crippen molar-refractivity contribution in [2.75, 3.05) is 7.11 Å². The predicted octanol–water partition coefficient (Wildman–Crippen LogP) is 3.10. The van der Waals surface area contributed by atoms with Crippen molar-refractivity contribution >= 4 is 27.5 Å². The molecule has 0 amide bonds. The van der Waals surface area contributed by atoms with Gasteiger partial charge in [0, 0.05) is 11.6 Å². The lowest BCUT2D eigenvalue weighted by atomic mass is 10.2. The molecule has 0 aromatic carbocycles. The van der Waals surface area contributed by atoms with E-state index in [9.17, 15) is 18.0 Å². The summed E-state index contributed by atoms with van der Waals surface area (Å²) in [5, 5.41) is 1.32. The maximum absolute atomic E-state index is 12.7. The molecule has 0 unspecified atom stereocenters. The van der Waals surface area contributed by atoms with E-state index < -0.39 is 17.7 Å². The summed E-state index contributed by atoms with van der Waals surface area (Å²) < 4.78 is 42.4. The van der Waals surface area contributed by atoms with Gasteiger partial charge in [0.05, 0.1) is 28.5 Å². The fraction of sp³-hybridized carbons (Fsp3) is 0.200. The number of hydrogen-bond acceptors (Lipinski definition) is 4. The van der Waals surface area contributed by atoms with Gasteiger partial charge in [-0.2, -0.15) is 13.2 Å². The quantitative estimate of drug-likeness (QED) is 0.740. The number of halogens is 3. The topological polar surface area (TPSA) is 39.2 Å². The second-order valence-corrected chi connectivity index (χ2v) is 4.05. The molecule has 0 radical (unpaired) electrons. The van der Waals surface area contributed by atoms with Gasteiger partial charge in [0.25, 0.3) is 0 Å². The number of rotatable bonds is 1. The molecule has 17 heavy (non-hydrogen) atoms. The number of thiophene rings is 1. The summed E-state index contributed by atoms with van der Waals surface area (Å²) in [7, 11) is 1.17. The zero-order valence-electron chi connectivity index (χ0n) is 8.54. The molecule has 0 saturated heterocycles. The average Bonchev–Trinajstić information content (AvgIpc) is 2.69. The largest absolute Gasteiger partial charge is 0.465 e. The maximum atomic E-state index is 12.7. The van der Waals surface area contributed by atoms with Crippen molar-refractivity contribution in [2.24, 2.45) is 0 Å². The Labute approximate surface area is 97.8 Å². The Balaban J connectivity index is 2.69. The van der Waals surface area contributed by atoms with Crippen LogP contribution < -0.4 is 0 Å². The number of carbonyl (C=O) groups is 1. The summed E-state index contributed by atoms with van der Waals surface area (Å²) in [5.74, 6) is -0.692. The molecule has 0 atom stereocenters. The molecule has 90 valence electrons. The molecular formula is C10H6F3NO2S. The maximum Gasteiger partial charge on any atom is 0.417 e. The number of alkyl halides is 3. The third-order valence-corrected chi connectivity index (χ3v) is 3.17. The summed E-state index contributed by atoms with van der Waals surface area (Å²) in [4.78, 5) is 15.1. The van der Waals surface area contributed by atoms with Crippen LogP contribution in [0.1, 0.15) is 15.9 Å². The number of fused-ring (bicyclic) bond motifs is 1. The Bertz CT molecular complexity index is 576. The first-order valence-electron chi connectivity index (χ1n) is 4.47. The molecule has 0 aliphatic rings. The number of ether oxygens (including phenoxy) is 1. The van der Waals surface area contributed by atoms with Gasteiger partial charge in [-0.1, -0.05) is 0 Å². The molecule has 0 N–H and O–H groups in total. The van der Waals surface area contributed by atoms with Gasteiger partial charge in [-0.25, -0.2) is 4.79 Å². The van der Waals surface area contributed by atoms with E-state index in [1.807, 2.05) is 0 Å². The highest BCUT2D eigenvalue weighted by Crippen LogP contribution is 2.37. The van der Waals surface area contributed by atoms with Gasteiger partial charge in [0.2, 0.25) is 0 Å². The van der Waals surface area contributed by atoms with Gasteiger partial charge in [-0.3, -0.25) is 4.98 Å². The van der Waals surface area contributed by atoms with Crippen molar-refractivity contribution in [2.45, 2.75) is 6.18 Å². The number of esters is 1. The summed E-state index contributed by atoms with van der Waals surface area (Å²) in [5.41, 5.74) is -0.710. The van der Waals surface area contributed by atoms with E-state index in [-0.39, 0.29) is 15.8 Å². The molecule has 0 aliphatic carbocycles. The van der Waals surface area contributed by atoms with Crippen LogP contribution >= 0.6 is 11.3 Å². The lowest BCUT2D eigenvalue weighted by molar-refractivity contribution is -0.136. The van der Waals surface area contributed by atoms with E-state index in [0.717, 1.165) is 23.6 Å². The van der Waals surface area contributed by atoms with Crippen molar-refractivity contribution in [1.82, 2.24) is 4.98 Å². The fourth-order valence-corrected chi connectivity index (χ4v) is 2.44. The Morgan fingerprint density at radius 2 is 2.18 bits per heavy atom. The van der Waals surface area contributed by atoms with Crippen LogP contribution in [-0.4, -0.2) is 18.1 Å². The minimum absolute atomic E-state index is 0.0247. The molecule has 0 fully saturated rings. The lowest BCUT2D eigenvalue weighted by Crippen LogP contribution is -2.06. The zero-order chi connectivity index (χ0) is 12.6. The zero-order valence-corrected chi connectivity index (χ0v) is 9.35. The van der Waals surface area contributed by atoms with E-state index in [1.165, 1.54) is 12.5 Å². The first-order chi connectivity index (χ1) is 7.95. The van der Waals surface area contributed by atoms with Gasteiger partial charge in [-0.15, -0.1) is 11.3 Å². The van der Waals surface area contributed by atoms with E-state index in [1.54, 1.807) is 0 Å². The molecule has 7 heteroatoms. The monoisotopic (exact) mass is 261 g/mol. The van der Waals surface area contributed by atoms with E-state index in [0.29, 0.717) is 0 Å². The highest BCUT2D eigenvalue weighted by Gasteiger charge is 2.34. The van der Waals surface area contributed by atoms with Crippen LogP contribution in [0.5, 0.6) is 0 Å². The van der Waals surface area contributed by atoms with Crippen molar-refractivity contribution in [3.63, 3.8) is 0 Å². The smallest absolute Gasteiger partial charge is 0.417 e. The van der Waals surface area contributed by atoms with Crippen molar-refractivity contribution in [3.05, 3.63) is 28.8 Å². The number of hydrogen-bond donors (Lipinski definition) is 0. The highest BCUT2D eigenvalue weighted by molar-refractivity contribution is 7.17. The Kier molecular flexibility index (Phi) is 2.78. The van der Waals surface area contributed by atoms with Gasteiger partial charge in [0.1, 0.15) is 0 Å². The first-order valence-corrected chi connectivity index (χ1v) is 5.35. The van der Waals surface area contributed by atoms with Crippen molar-refractivity contribution in [3.8, 4) is 0 Å². The van der Waals surface area contributed by atoms with Gasteiger partial charge >= 0.3 is 12.1 Å². The Morgan fingerprint density at radius 3 is 2.76 bits per heavy atom. The molecule has 0 spiro atoms. The van der Waals surface area contributed by atoms with Gasteiger partial charge in [-0.05, 0) is 6.07 Å². The molecule has 2 aromatic heterocycles. The van der Waals surface area contributed by atoms with E-state index in [4.69, 9.17) is 0 Å². The van der Waals surface area contributed by atoms with Crippen LogP contribution in [0.25, 0.3) is 10.2 Å². The lowest BCUT2D eigenvalue weighted by Gasteiger charge is -2.06. The minimum Gasteiger partial charge on any atom is -0.465 e. The molecule has 2 aromatic rings. The number of nitrogens with zero attached hydrogens (tertiary/aromatic N) is 1. The Hall–Kier alpha value is -1.63. The molecule has 2 heterocycles. The third kappa shape index (κ3) is 1.97. The van der Waals surface area contributed by atoms with Gasteiger partial charge < -0.3 is 4.74 Å². The van der Waals surface area contributed by atoms with Crippen LogP contribution in [0.4, 0.5) is 13.2 Å². The summed E-state index contributed by atoms with van der Waals surface area (Å²) in [6, 6.07) is 0.889. The minimum atomic E-state index is -4.46. The van der Waals surface area contributed by atoms with Crippen LogP contribution in [-0.2, 0) is 10.9 Å². The third-order valence-electron chi connectivity index (χ3n) is 2.16. The van der Waals surface area contributed by atoms with E-state index >= 15 is 0 Å². The number of aromatic nitrogens is 1. The first kappa shape index (κ1) is 11.8. The second-order valence-electron chi connectivity index (χ2n) is 3.17. The van der Waals surface area contributed by atoms with Crippen LogP contribution in [0, 0.1) is 0 Å². The summed E-state index contributed by atoms with van der Waals surface area (Å²) >= 11 is 0.828. The highest BCUT2D eigenvalue weighted by atomic mass is 32.1. The molecule has 0 aliphatic heterocycles. The molecule has 2 rings (SSSR count).